The Balaban J connectivity index is 1.55. The second-order valence-electron chi connectivity index (χ2n) is 8.12. The second kappa shape index (κ2) is 8.85. The molecule has 1 aliphatic rings. The lowest BCUT2D eigenvalue weighted by molar-refractivity contribution is -0.131. The summed E-state index contributed by atoms with van der Waals surface area (Å²) in [6, 6.07) is 23.5. The van der Waals surface area contributed by atoms with Crippen LogP contribution in [-0.4, -0.2) is 41.2 Å². The summed E-state index contributed by atoms with van der Waals surface area (Å²) in [5.74, 6) is 0.215. The monoisotopic (exact) mass is 430 g/mol. The predicted octanol–water partition coefficient (Wildman–Crippen LogP) is 3.54. The molecule has 32 heavy (non-hydrogen) atoms. The molecule has 0 aromatic heterocycles. The number of aliphatic hydroxyl groups is 1. The number of aryl methyl sites for hydroxylation is 2. The van der Waals surface area contributed by atoms with E-state index >= 15 is 0 Å². The Labute approximate surface area is 187 Å². The Kier molecular flexibility index (Phi) is 5.97. The molecule has 3 aromatic rings. The first-order valence-electron chi connectivity index (χ1n) is 10.5. The summed E-state index contributed by atoms with van der Waals surface area (Å²) in [7, 11) is 0. The van der Waals surface area contributed by atoms with Crippen LogP contribution >= 0.6 is 0 Å². The zero-order valence-electron chi connectivity index (χ0n) is 18.1. The number of amides is 3. The number of β-amino-alcohol motifs (C(OH)–C–C–N with tert-alkyl or cyclic N) is 1. The van der Waals surface area contributed by atoms with Crippen LogP contribution in [0.1, 0.15) is 22.3 Å². The van der Waals surface area contributed by atoms with Gasteiger partial charge >= 0.3 is 6.03 Å². The van der Waals surface area contributed by atoms with Crippen molar-refractivity contribution in [2.45, 2.75) is 25.5 Å². The maximum atomic E-state index is 13.6. The number of hydrogen-bond donors (Lipinski definition) is 2. The van der Waals surface area contributed by atoms with Gasteiger partial charge in [-0.2, -0.15) is 0 Å². The van der Waals surface area contributed by atoms with Crippen LogP contribution in [0.4, 0.5) is 4.79 Å². The van der Waals surface area contributed by atoms with Gasteiger partial charge in [-0.15, -0.1) is 0 Å². The molecule has 0 saturated carbocycles. The molecule has 0 aliphatic carbocycles. The lowest BCUT2D eigenvalue weighted by Crippen LogP contribution is -2.46. The van der Waals surface area contributed by atoms with Crippen molar-refractivity contribution >= 4 is 11.9 Å². The summed E-state index contributed by atoms with van der Waals surface area (Å²) in [5, 5.41) is 13.4. The highest BCUT2D eigenvalue weighted by atomic mass is 16.5. The van der Waals surface area contributed by atoms with Crippen LogP contribution in [0.5, 0.6) is 5.75 Å². The molecule has 6 heteroatoms. The molecule has 1 atom stereocenters. The van der Waals surface area contributed by atoms with Gasteiger partial charge in [0.1, 0.15) is 18.5 Å². The molecule has 3 amide bonds. The second-order valence-corrected chi connectivity index (χ2v) is 8.12. The smallest absolute Gasteiger partial charge is 0.325 e. The lowest BCUT2D eigenvalue weighted by Gasteiger charge is -2.28. The van der Waals surface area contributed by atoms with Crippen LogP contribution in [-0.2, 0) is 10.3 Å². The van der Waals surface area contributed by atoms with E-state index in [1.54, 1.807) is 0 Å². The highest BCUT2D eigenvalue weighted by Crippen LogP contribution is 2.36. The Morgan fingerprint density at radius 1 is 0.906 bits per heavy atom. The number of aliphatic hydroxyl groups excluding tert-OH is 1. The SMILES string of the molecule is Cc1cc(C)cc(OCC(O)CN2C(=O)NC(c3ccccc3)(c3ccccc3)C2=O)c1. The average molecular weight is 431 g/mol. The van der Waals surface area contributed by atoms with Crippen molar-refractivity contribution in [3.8, 4) is 5.75 Å². The molecular weight excluding hydrogens is 404 g/mol. The number of nitrogens with zero attached hydrogens (tertiary/aromatic N) is 1. The topological polar surface area (TPSA) is 78.9 Å². The molecule has 1 aliphatic heterocycles. The van der Waals surface area contributed by atoms with Gasteiger partial charge in [0.2, 0.25) is 0 Å². The Morgan fingerprint density at radius 2 is 1.44 bits per heavy atom. The van der Waals surface area contributed by atoms with Crippen molar-refractivity contribution in [1.82, 2.24) is 10.2 Å². The van der Waals surface area contributed by atoms with Crippen molar-refractivity contribution in [2.24, 2.45) is 0 Å². The maximum Gasteiger partial charge on any atom is 0.325 e. The third-order valence-corrected chi connectivity index (χ3v) is 5.55. The molecule has 0 bridgehead atoms. The van der Waals surface area contributed by atoms with E-state index in [1.807, 2.05) is 92.7 Å². The number of nitrogens with one attached hydrogen (secondary N) is 1. The zero-order chi connectivity index (χ0) is 22.7. The first-order chi connectivity index (χ1) is 15.4. The van der Waals surface area contributed by atoms with Gasteiger partial charge in [-0.3, -0.25) is 9.69 Å². The summed E-state index contributed by atoms with van der Waals surface area (Å²) < 4.78 is 5.71. The fraction of sp³-hybridized carbons (Fsp3) is 0.231. The summed E-state index contributed by atoms with van der Waals surface area (Å²) in [6.07, 6.45) is -1.03. The van der Waals surface area contributed by atoms with E-state index in [-0.39, 0.29) is 13.2 Å². The summed E-state index contributed by atoms with van der Waals surface area (Å²) in [4.78, 5) is 27.6. The number of benzene rings is 3. The molecule has 4 rings (SSSR count). The summed E-state index contributed by atoms with van der Waals surface area (Å²) in [5.41, 5.74) is 2.09. The average Bonchev–Trinajstić information content (AvgIpc) is 3.04. The van der Waals surface area contributed by atoms with E-state index in [2.05, 4.69) is 5.32 Å². The number of hydrogen-bond acceptors (Lipinski definition) is 4. The van der Waals surface area contributed by atoms with Crippen LogP contribution < -0.4 is 10.1 Å². The van der Waals surface area contributed by atoms with Crippen LogP contribution in [0.2, 0.25) is 0 Å². The molecule has 2 N–H and O–H groups in total. The van der Waals surface area contributed by atoms with Gasteiger partial charge < -0.3 is 15.2 Å². The zero-order valence-corrected chi connectivity index (χ0v) is 18.1. The minimum absolute atomic E-state index is 0.0381. The first kappa shape index (κ1) is 21.6. The quantitative estimate of drug-likeness (QED) is 0.562. The van der Waals surface area contributed by atoms with Crippen molar-refractivity contribution in [2.75, 3.05) is 13.2 Å². The fourth-order valence-corrected chi connectivity index (χ4v) is 4.15. The molecule has 1 fully saturated rings. The maximum absolute atomic E-state index is 13.6. The predicted molar refractivity (Wildman–Crippen MR) is 121 cm³/mol. The Morgan fingerprint density at radius 3 is 1.97 bits per heavy atom. The van der Waals surface area contributed by atoms with E-state index in [1.165, 1.54) is 0 Å². The highest BCUT2D eigenvalue weighted by Gasteiger charge is 2.53. The molecule has 1 heterocycles. The number of ether oxygens (including phenoxy) is 1. The minimum atomic E-state index is -1.34. The molecule has 1 saturated heterocycles. The van der Waals surface area contributed by atoms with Gasteiger partial charge in [0.25, 0.3) is 5.91 Å². The van der Waals surface area contributed by atoms with Gasteiger partial charge in [-0.1, -0.05) is 66.7 Å². The van der Waals surface area contributed by atoms with E-state index < -0.39 is 23.6 Å². The normalized spacial score (nSPS) is 16.0. The Hall–Kier alpha value is -3.64. The summed E-state index contributed by atoms with van der Waals surface area (Å²) >= 11 is 0. The highest BCUT2D eigenvalue weighted by molar-refractivity contribution is 6.09. The van der Waals surface area contributed by atoms with Crippen molar-refractivity contribution in [3.63, 3.8) is 0 Å². The van der Waals surface area contributed by atoms with Crippen LogP contribution in [0, 0.1) is 13.8 Å². The van der Waals surface area contributed by atoms with Crippen molar-refractivity contribution < 1.29 is 19.4 Å². The molecule has 0 spiro atoms. The largest absolute Gasteiger partial charge is 0.491 e. The third-order valence-electron chi connectivity index (χ3n) is 5.55. The molecule has 164 valence electrons. The van der Waals surface area contributed by atoms with Crippen molar-refractivity contribution in [3.05, 3.63) is 101 Å². The van der Waals surface area contributed by atoms with Gasteiger partial charge in [0, 0.05) is 0 Å². The minimum Gasteiger partial charge on any atom is -0.491 e. The standard InChI is InChI=1S/C26H26N2O4/c1-18-13-19(2)15-23(14-18)32-17-22(29)16-28-24(30)26(27-25(28)31,20-9-5-3-6-10-20)21-11-7-4-8-12-21/h3-15,22,29H,16-17H2,1-2H3,(H,27,31). The molecule has 3 aromatic carbocycles. The summed E-state index contributed by atoms with van der Waals surface area (Å²) in [6.45, 7) is 3.73. The number of imide groups is 1. The van der Waals surface area contributed by atoms with Gasteiger partial charge in [0.15, 0.2) is 5.54 Å². The number of carbonyl (C=O) groups excluding carboxylic acids is 2. The van der Waals surface area contributed by atoms with Gasteiger partial charge in [0.05, 0.1) is 6.54 Å². The molecular formula is C26H26N2O4. The number of rotatable bonds is 7. The van der Waals surface area contributed by atoms with Gasteiger partial charge in [-0.25, -0.2) is 4.79 Å². The Bertz CT molecular complexity index is 1060. The third kappa shape index (κ3) is 4.09. The van der Waals surface area contributed by atoms with E-state index in [4.69, 9.17) is 4.74 Å². The van der Waals surface area contributed by atoms with E-state index in [0.717, 1.165) is 16.0 Å². The van der Waals surface area contributed by atoms with Crippen LogP contribution in [0.15, 0.2) is 78.9 Å². The molecule has 1 unspecified atom stereocenters. The first-order valence-corrected chi connectivity index (χ1v) is 10.5. The lowest BCUT2D eigenvalue weighted by atomic mass is 9.82. The fourth-order valence-electron chi connectivity index (χ4n) is 4.15. The van der Waals surface area contributed by atoms with E-state index in [0.29, 0.717) is 16.9 Å². The van der Waals surface area contributed by atoms with Crippen LogP contribution in [0.3, 0.4) is 0 Å². The number of carbonyl (C=O) groups is 2. The van der Waals surface area contributed by atoms with Gasteiger partial charge in [-0.05, 0) is 48.2 Å². The molecule has 6 nitrogen and oxygen atoms in total. The van der Waals surface area contributed by atoms with Crippen LogP contribution in [0.25, 0.3) is 0 Å². The van der Waals surface area contributed by atoms with E-state index in [9.17, 15) is 14.7 Å². The number of urea groups is 1. The molecule has 0 radical (unpaired) electrons. The van der Waals surface area contributed by atoms with Crippen molar-refractivity contribution in [1.29, 1.82) is 0 Å².